The Morgan fingerprint density at radius 3 is 1.96 bits per heavy atom. The van der Waals surface area contributed by atoms with Crippen LogP contribution in [-0.2, 0) is 12.0 Å². The molecule has 0 aliphatic rings. The average molecular weight is 319 g/mol. The summed E-state index contributed by atoms with van der Waals surface area (Å²) in [5.41, 5.74) is 9.64. The van der Waals surface area contributed by atoms with E-state index in [1.165, 1.54) is 56.1 Å². The first-order chi connectivity index (χ1) is 11.1. The van der Waals surface area contributed by atoms with E-state index in [1.807, 2.05) is 0 Å². The van der Waals surface area contributed by atoms with Crippen LogP contribution in [0.4, 0.5) is 0 Å². The predicted octanol–water partition coefficient (Wildman–Crippen LogP) is 5.40. The van der Waals surface area contributed by atoms with Crippen molar-refractivity contribution in [2.24, 2.45) is 5.73 Å². The van der Waals surface area contributed by atoms with Gasteiger partial charge >= 0.3 is 0 Å². The molecular weight excluding hydrogens is 284 g/mol. The normalized spacial score (nSPS) is 10.6. The van der Waals surface area contributed by atoms with E-state index < -0.39 is 0 Å². The van der Waals surface area contributed by atoms with E-state index in [0.717, 1.165) is 19.1 Å². The number of nitrogens with two attached hydrogens (primary N) is 1. The first-order valence-corrected chi connectivity index (χ1v) is 9.00. The molecule has 0 aliphatic heterocycles. The number of hydrogen-bond donors (Lipinski definition) is 2. The van der Waals surface area contributed by atoms with Crippen LogP contribution in [0, 0.1) is 11.5 Å². The van der Waals surface area contributed by atoms with Gasteiger partial charge in [0, 0.05) is 5.54 Å². The molecule has 0 amide bonds. The zero-order valence-electron chi connectivity index (χ0n) is 15.1. The maximum absolute atomic E-state index is 6.88. The van der Waals surface area contributed by atoms with Crippen LogP contribution >= 0.6 is 0 Å². The van der Waals surface area contributed by atoms with Crippen molar-refractivity contribution in [3.05, 3.63) is 35.4 Å². The lowest BCUT2D eigenvalue weighted by Gasteiger charge is -2.32. The third-order valence-corrected chi connectivity index (χ3v) is 4.31. The Balaban J connectivity index is 0.00000149. The van der Waals surface area contributed by atoms with E-state index in [1.54, 1.807) is 0 Å². The molecule has 3 heteroatoms. The van der Waals surface area contributed by atoms with Crippen molar-refractivity contribution in [1.29, 1.82) is 5.26 Å². The summed E-state index contributed by atoms with van der Waals surface area (Å²) in [7, 11) is 0. The van der Waals surface area contributed by atoms with Crippen molar-refractivity contribution in [2.45, 2.75) is 84.1 Å². The Labute approximate surface area is 142 Å². The van der Waals surface area contributed by atoms with Crippen LogP contribution in [0.2, 0.25) is 0 Å². The first-order valence-electron chi connectivity index (χ1n) is 9.00. The summed E-state index contributed by atoms with van der Waals surface area (Å²) in [5, 5.41) is 13.8. The molecule has 1 aromatic carbocycles. The SMILES string of the molecule is CCCCc1ccccc1C(N)(CCCC)CCCC.N#CO. The van der Waals surface area contributed by atoms with Crippen LogP contribution in [0.3, 0.4) is 0 Å². The molecule has 1 rings (SSSR count). The fourth-order valence-corrected chi connectivity index (χ4v) is 2.97. The monoisotopic (exact) mass is 318 g/mol. The zero-order valence-corrected chi connectivity index (χ0v) is 15.1. The fourth-order valence-electron chi connectivity index (χ4n) is 2.97. The van der Waals surface area contributed by atoms with E-state index in [0.29, 0.717) is 0 Å². The van der Waals surface area contributed by atoms with Crippen molar-refractivity contribution < 1.29 is 5.11 Å². The van der Waals surface area contributed by atoms with Gasteiger partial charge in [-0.25, -0.2) is 0 Å². The van der Waals surface area contributed by atoms with Crippen molar-refractivity contribution in [3.8, 4) is 6.26 Å². The first kappa shape index (κ1) is 21.5. The van der Waals surface area contributed by atoms with Gasteiger partial charge in [-0.3, -0.25) is 0 Å². The van der Waals surface area contributed by atoms with E-state index in [9.17, 15) is 0 Å². The highest BCUT2D eigenvalue weighted by molar-refractivity contribution is 5.33. The van der Waals surface area contributed by atoms with Gasteiger partial charge in [0.05, 0.1) is 0 Å². The van der Waals surface area contributed by atoms with Crippen LogP contribution in [-0.4, -0.2) is 5.11 Å². The minimum atomic E-state index is -0.115. The topological polar surface area (TPSA) is 70.0 Å². The summed E-state index contributed by atoms with van der Waals surface area (Å²) < 4.78 is 0. The van der Waals surface area contributed by atoms with Crippen LogP contribution in [0.15, 0.2) is 24.3 Å². The highest BCUT2D eigenvalue weighted by Gasteiger charge is 2.27. The third-order valence-electron chi connectivity index (χ3n) is 4.31. The minimum Gasteiger partial charge on any atom is -0.443 e. The molecule has 0 heterocycles. The molecule has 3 N–H and O–H groups in total. The summed E-state index contributed by atoms with van der Waals surface area (Å²) in [5.74, 6) is 0. The number of benzene rings is 1. The summed E-state index contributed by atoms with van der Waals surface area (Å²) >= 11 is 0. The van der Waals surface area contributed by atoms with Gasteiger partial charge in [0.1, 0.15) is 0 Å². The molecule has 0 spiro atoms. The Morgan fingerprint density at radius 2 is 1.48 bits per heavy atom. The third kappa shape index (κ3) is 8.04. The van der Waals surface area contributed by atoms with E-state index in [-0.39, 0.29) is 5.54 Å². The summed E-state index contributed by atoms with van der Waals surface area (Å²) in [6.07, 6.45) is 11.6. The van der Waals surface area contributed by atoms with Crippen molar-refractivity contribution in [2.75, 3.05) is 0 Å². The molecule has 0 radical (unpaired) electrons. The molecule has 130 valence electrons. The lowest BCUT2D eigenvalue weighted by molar-refractivity contribution is 0.351. The fraction of sp³-hybridized carbons (Fsp3) is 0.650. The Bertz CT molecular complexity index is 443. The molecule has 0 atom stereocenters. The molecule has 0 saturated heterocycles. The summed E-state index contributed by atoms with van der Waals surface area (Å²) in [6, 6.07) is 8.87. The van der Waals surface area contributed by atoms with Gasteiger partial charge in [0.15, 0.2) is 0 Å². The predicted molar refractivity (Wildman–Crippen MR) is 97.5 cm³/mol. The molecule has 0 bridgehead atoms. The molecule has 0 unspecified atom stereocenters. The second-order valence-corrected chi connectivity index (χ2v) is 6.22. The van der Waals surface area contributed by atoms with Gasteiger partial charge in [-0.1, -0.05) is 77.1 Å². The number of nitrogens with zero attached hydrogens (tertiary/aromatic N) is 1. The molecular formula is C20H34N2O. The second kappa shape index (κ2) is 13.0. The zero-order chi connectivity index (χ0) is 17.6. The van der Waals surface area contributed by atoms with E-state index in [2.05, 4.69) is 45.0 Å². The van der Waals surface area contributed by atoms with Gasteiger partial charge < -0.3 is 10.8 Å². The molecule has 1 aromatic rings. The smallest absolute Gasteiger partial charge is 0.283 e. The standard InChI is InChI=1S/C19H33N.CHNO/c1-4-7-12-17-13-10-11-14-18(17)19(20,15-8-5-2)16-9-6-3;2-1-3/h10-11,13-14H,4-9,12,15-16,20H2,1-3H3;3H. The molecule has 3 nitrogen and oxygen atoms in total. The maximum atomic E-state index is 6.88. The van der Waals surface area contributed by atoms with Crippen LogP contribution < -0.4 is 5.73 Å². The van der Waals surface area contributed by atoms with Crippen LogP contribution in [0.5, 0.6) is 0 Å². The van der Waals surface area contributed by atoms with E-state index >= 15 is 0 Å². The lowest BCUT2D eigenvalue weighted by Crippen LogP contribution is -2.37. The van der Waals surface area contributed by atoms with Gasteiger partial charge in [0.2, 0.25) is 0 Å². The maximum Gasteiger partial charge on any atom is 0.283 e. The van der Waals surface area contributed by atoms with Crippen LogP contribution in [0.25, 0.3) is 0 Å². The number of rotatable bonds is 10. The largest absolute Gasteiger partial charge is 0.443 e. The van der Waals surface area contributed by atoms with E-state index in [4.69, 9.17) is 16.1 Å². The molecule has 0 saturated carbocycles. The van der Waals surface area contributed by atoms with Gasteiger partial charge in [0.25, 0.3) is 6.26 Å². The number of nitriles is 1. The highest BCUT2D eigenvalue weighted by Crippen LogP contribution is 2.33. The number of aliphatic hydroxyl groups is 1. The Hall–Kier alpha value is -1.53. The minimum absolute atomic E-state index is 0.115. The van der Waals surface area contributed by atoms with Gasteiger partial charge in [-0.05, 0) is 36.8 Å². The summed E-state index contributed by atoms with van der Waals surface area (Å²) in [6.45, 7) is 6.76. The summed E-state index contributed by atoms with van der Waals surface area (Å²) in [4.78, 5) is 0. The molecule has 23 heavy (non-hydrogen) atoms. The average Bonchev–Trinajstić information content (AvgIpc) is 2.57. The van der Waals surface area contributed by atoms with Crippen molar-refractivity contribution in [1.82, 2.24) is 0 Å². The molecule has 0 aromatic heterocycles. The quantitative estimate of drug-likeness (QED) is 0.567. The van der Waals surface area contributed by atoms with Crippen molar-refractivity contribution in [3.63, 3.8) is 0 Å². The Morgan fingerprint density at radius 1 is 1.00 bits per heavy atom. The Kier molecular flexibility index (Phi) is 12.1. The molecule has 0 fully saturated rings. The highest BCUT2D eigenvalue weighted by atomic mass is 16.2. The number of aliphatic hydroxyl groups excluding tert-OH is 1. The lowest BCUT2D eigenvalue weighted by atomic mass is 9.78. The van der Waals surface area contributed by atoms with Crippen LogP contribution in [0.1, 0.15) is 83.3 Å². The molecule has 0 aliphatic carbocycles. The van der Waals surface area contributed by atoms with Gasteiger partial charge in [-0.2, -0.15) is 5.26 Å². The number of unbranched alkanes of at least 4 members (excludes halogenated alkanes) is 3. The number of hydrogen-bond acceptors (Lipinski definition) is 3. The van der Waals surface area contributed by atoms with Crippen molar-refractivity contribution >= 4 is 0 Å². The second-order valence-electron chi connectivity index (χ2n) is 6.22. The van der Waals surface area contributed by atoms with Gasteiger partial charge in [-0.15, -0.1) is 0 Å². The number of aryl methyl sites for hydroxylation is 1.